The summed E-state index contributed by atoms with van der Waals surface area (Å²) in [5, 5.41) is 2.72. The van der Waals surface area contributed by atoms with E-state index in [0.29, 0.717) is 11.3 Å². The number of hydrogen-bond acceptors (Lipinski definition) is 3. The fraction of sp³-hybridized carbons (Fsp3) is 0.125. The second-order valence-electron chi connectivity index (χ2n) is 4.51. The summed E-state index contributed by atoms with van der Waals surface area (Å²) in [6.07, 6.45) is 0. The van der Waals surface area contributed by atoms with E-state index in [9.17, 15) is 9.59 Å². The van der Waals surface area contributed by atoms with Crippen LogP contribution in [-0.2, 0) is 4.79 Å². The van der Waals surface area contributed by atoms with Crippen LogP contribution >= 0.6 is 0 Å². The van der Waals surface area contributed by atoms with E-state index >= 15 is 0 Å². The van der Waals surface area contributed by atoms with E-state index in [1.54, 1.807) is 36.4 Å². The Kier molecular flexibility index (Phi) is 4.27. The third-order valence-corrected chi connectivity index (χ3v) is 2.98. The maximum atomic E-state index is 12.1. The largest absolute Gasteiger partial charge is 0.324 e. The van der Waals surface area contributed by atoms with Gasteiger partial charge in [0.1, 0.15) is 6.04 Å². The molecule has 0 heterocycles. The molecule has 4 nitrogen and oxygen atoms in total. The van der Waals surface area contributed by atoms with Crippen molar-refractivity contribution in [3.8, 4) is 0 Å². The monoisotopic (exact) mass is 268 g/mol. The zero-order valence-electron chi connectivity index (χ0n) is 11.2. The number of hydrogen-bond donors (Lipinski definition) is 2. The number of benzene rings is 2. The van der Waals surface area contributed by atoms with E-state index in [1.165, 1.54) is 6.92 Å². The quantitative estimate of drug-likeness (QED) is 0.837. The molecule has 0 aliphatic rings. The van der Waals surface area contributed by atoms with Crippen LogP contribution in [-0.4, -0.2) is 11.7 Å². The van der Waals surface area contributed by atoms with Crippen LogP contribution in [0.4, 0.5) is 5.69 Å². The molecule has 0 aromatic heterocycles. The molecule has 0 saturated carbocycles. The van der Waals surface area contributed by atoms with Gasteiger partial charge in [-0.1, -0.05) is 42.5 Å². The lowest BCUT2D eigenvalue weighted by atomic mass is 10.1. The summed E-state index contributed by atoms with van der Waals surface area (Å²) in [7, 11) is 0. The molecule has 0 unspecified atom stereocenters. The molecule has 1 atom stereocenters. The van der Waals surface area contributed by atoms with E-state index < -0.39 is 6.04 Å². The Morgan fingerprint density at radius 3 is 2.40 bits per heavy atom. The van der Waals surface area contributed by atoms with E-state index in [1.807, 2.05) is 18.2 Å². The number of carbonyl (C=O) groups excluding carboxylic acids is 2. The van der Waals surface area contributed by atoms with Crippen molar-refractivity contribution in [3.05, 3.63) is 65.7 Å². The molecule has 1 amide bonds. The van der Waals surface area contributed by atoms with Crippen molar-refractivity contribution in [2.45, 2.75) is 13.0 Å². The predicted molar refractivity (Wildman–Crippen MR) is 78.4 cm³/mol. The lowest BCUT2D eigenvalue weighted by molar-refractivity contribution is -0.117. The highest BCUT2D eigenvalue weighted by molar-refractivity contribution is 5.98. The maximum Gasteiger partial charge on any atom is 0.245 e. The molecule has 102 valence electrons. The van der Waals surface area contributed by atoms with Crippen LogP contribution in [0, 0.1) is 0 Å². The van der Waals surface area contributed by atoms with Gasteiger partial charge in [0, 0.05) is 11.3 Å². The van der Waals surface area contributed by atoms with Gasteiger partial charge in [0.2, 0.25) is 5.91 Å². The normalized spacial score (nSPS) is 11.7. The van der Waals surface area contributed by atoms with Gasteiger partial charge in [-0.05, 0) is 24.6 Å². The molecular weight excluding hydrogens is 252 g/mol. The summed E-state index contributed by atoms with van der Waals surface area (Å²) in [4.78, 5) is 23.4. The van der Waals surface area contributed by atoms with E-state index in [0.717, 1.165) is 5.56 Å². The van der Waals surface area contributed by atoms with Gasteiger partial charge in [0.15, 0.2) is 5.78 Å². The first-order chi connectivity index (χ1) is 9.58. The lowest BCUT2D eigenvalue weighted by Crippen LogP contribution is -2.27. The third kappa shape index (κ3) is 3.30. The highest BCUT2D eigenvalue weighted by Gasteiger charge is 2.15. The number of nitrogens with one attached hydrogen (secondary N) is 1. The number of carbonyl (C=O) groups is 2. The maximum absolute atomic E-state index is 12.1. The molecule has 2 aromatic carbocycles. The van der Waals surface area contributed by atoms with Crippen LogP contribution in [0.5, 0.6) is 0 Å². The Hall–Kier alpha value is -2.46. The van der Waals surface area contributed by atoms with E-state index in [2.05, 4.69) is 5.32 Å². The van der Waals surface area contributed by atoms with Crippen molar-refractivity contribution in [2.24, 2.45) is 5.73 Å². The number of Topliss-reactive ketones (excluding diaryl/α,β-unsaturated/α-hetero) is 1. The molecule has 0 bridgehead atoms. The van der Waals surface area contributed by atoms with Crippen LogP contribution in [0.2, 0.25) is 0 Å². The number of ketones is 1. The molecule has 0 fully saturated rings. The van der Waals surface area contributed by atoms with Crippen molar-refractivity contribution in [3.63, 3.8) is 0 Å². The van der Waals surface area contributed by atoms with E-state index in [-0.39, 0.29) is 11.7 Å². The Bertz CT molecular complexity index is 623. The highest BCUT2D eigenvalue weighted by atomic mass is 16.2. The summed E-state index contributed by atoms with van der Waals surface area (Å²) < 4.78 is 0. The molecule has 4 heteroatoms. The van der Waals surface area contributed by atoms with Gasteiger partial charge in [-0.15, -0.1) is 0 Å². The highest BCUT2D eigenvalue weighted by Crippen LogP contribution is 2.15. The van der Waals surface area contributed by atoms with Crippen LogP contribution < -0.4 is 11.1 Å². The molecular formula is C16H16N2O2. The van der Waals surface area contributed by atoms with E-state index in [4.69, 9.17) is 5.73 Å². The predicted octanol–water partition coefficient (Wildman–Crippen LogP) is 2.53. The van der Waals surface area contributed by atoms with Gasteiger partial charge in [-0.25, -0.2) is 0 Å². The number of amides is 1. The van der Waals surface area contributed by atoms with Gasteiger partial charge in [-0.2, -0.15) is 0 Å². The standard InChI is InChI=1S/C16H16N2O2/c1-11(19)13-8-5-9-14(10-13)18-16(20)15(17)12-6-3-2-4-7-12/h2-10,15H,17H2,1H3,(H,18,20)/t15-/m0/s1. The molecule has 0 radical (unpaired) electrons. The Morgan fingerprint density at radius 2 is 1.75 bits per heavy atom. The fourth-order valence-corrected chi connectivity index (χ4v) is 1.85. The smallest absolute Gasteiger partial charge is 0.245 e. The molecule has 0 aliphatic carbocycles. The van der Waals surface area contributed by atoms with Gasteiger partial charge >= 0.3 is 0 Å². The van der Waals surface area contributed by atoms with Gasteiger partial charge in [0.25, 0.3) is 0 Å². The first-order valence-corrected chi connectivity index (χ1v) is 6.30. The number of nitrogens with two attached hydrogens (primary N) is 1. The summed E-state index contributed by atoms with van der Waals surface area (Å²) in [5.41, 5.74) is 7.76. The summed E-state index contributed by atoms with van der Waals surface area (Å²) in [6.45, 7) is 1.48. The average Bonchev–Trinajstić information content (AvgIpc) is 2.47. The Morgan fingerprint density at radius 1 is 1.05 bits per heavy atom. The second-order valence-corrected chi connectivity index (χ2v) is 4.51. The van der Waals surface area contributed by atoms with Gasteiger partial charge in [-0.3, -0.25) is 9.59 Å². The van der Waals surface area contributed by atoms with Gasteiger partial charge in [0.05, 0.1) is 0 Å². The molecule has 20 heavy (non-hydrogen) atoms. The van der Waals surface area contributed by atoms with Crippen LogP contribution in [0.3, 0.4) is 0 Å². The minimum absolute atomic E-state index is 0.0477. The first-order valence-electron chi connectivity index (χ1n) is 6.30. The summed E-state index contributed by atoms with van der Waals surface area (Å²) >= 11 is 0. The van der Waals surface area contributed by atoms with Crippen molar-refractivity contribution in [1.29, 1.82) is 0 Å². The topological polar surface area (TPSA) is 72.2 Å². The van der Waals surface area contributed by atoms with Crippen molar-refractivity contribution < 1.29 is 9.59 Å². The molecule has 2 rings (SSSR count). The number of rotatable bonds is 4. The second kappa shape index (κ2) is 6.12. The minimum Gasteiger partial charge on any atom is -0.324 e. The minimum atomic E-state index is -0.739. The molecule has 2 aromatic rings. The Labute approximate surface area is 117 Å². The zero-order chi connectivity index (χ0) is 14.5. The van der Waals surface area contributed by atoms with Crippen LogP contribution in [0.15, 0.2) is 54.6 Å². The fourth-order valence-electron chi connectivity index (χ4n) is 1.85. The van der Waals surface area contributed by atoms with Crippen LogP contribution in [0.1, 0.15) is 28.9 Å². The average molecular weight is 268 g/mol. The molecule has 0 aliphatic heterocycles. The summed E-state index contributed by atoms with van der Waals surface area (Å²) in [6, 6.07) is 15.2. The molecule has 3 N–H and O–H groups in total. The molecule has 0 spiro atoms. The zero-order valence-corrected chi connectivity index (χ0v) is 11.2. The van der Waals surface area contributed by atoms with Crippen molar-refractivity contribution in [1.82, 2.24) is 0 Å². The summed E-state index contributed by atoms with van der Waals surface area (Å²) in [5.74, 6) is -0.356. The van der Waals surface area contributed by atoms with Crippen molar-refractivity contribution >= 4 is 17.4 Å². The van der Waals surface area contributed by atoms with Gasteiger partial charge < -0.3 is 11.1 Å². The third-order valence-electron chi connectivity index (χ3n) is 2.98. The first kappa shape index (κ1) is 14.0. The van der Waals surface area contributed by atoms with Crippen LogP contribution in [0.25, 0.3) is 0 Å². The lowest BCUT2D eigenvalue weighted by Gasteiger charge is -2.13. The SMILES string of the molecule is CC(=O)c1cccc(NC(=O)[C@@H](N)c2ccccc2)c1. The van der Waals surface area contributed by atoms with Crippen molar-refractivity contribution in [2.75, 3.05) is 5.32 Å². The Balaban J connectivity index is 2.12. The molecule has 0 saturated heterocycles. The number of anilines is 1.